The molecule has 1 unspecified atom stereocenters. The summed E-state index contributed by atoms with van der Waals surface area (Å²) < 4.78 is 0. The van der Waals surface area contributed by atoms with Crippen LogP contribution in [0.2, 0.25) is 0 Å². The normalized spacial score (nSPS) is 11.3. The van der Waals surface area contributed by atoms with E-state index in [1.807, 2.05) is 43.3 Å². The summed E-state index contributed by atoms with van der Waals surface area (Å²) >= 11 is 0. The van der Waals surface area contributed by atoms with Crippen molar-refractivity contribution >= 4 is 17.3 Å². The third-order valence-corrected chi connectivity index (χ3v) is 2.97. The van der Waals surface area contributed by atoms with Crippen molar-refractivity contribution in [2.75, 3.05) is 10.6 Å². The Hall–Kier alpha value is -2.87. The molecule has 0 saturated heterocycles. The van der Waals surface area contributed by atoms with Gasteiger partial charge in [0.15, 0.2) is 0 Å². The fourth-order valence-corrected chi connectivity index (χ4v) is 1.97. The zero-order chi connectivity index (χ0) is 15.2. The van der Waals surface area contributed by atoms with Crippen molar-refractivity contribution in [3.63, 3.8) is 0 Å². The van der Waals surface area contributed by atoms with Gasteiger partial charge < -0.3 is 10.6 Å². The minimum Gasteiger partial charge on any atom is -0.377 e. The van der Waals surface area contributed by atoms with Crippen LogP contribution in [0.4, 0.5) is 11.4 Å². The number of aromatic nitrogens is 1. The number of benzene rings is 1. The van der Waals surface area contributed by atoms with E-state index >= 15 is 0 Å². The van der Waals surface area contributed by atoms with Gasteiger partial charge in [-0.15, -0.1) is 0 Å². The Labute approximate surface area is 123 Å². The maximum Gasteiger partial charge on any atom is 0.221 e. The van der Waals surface area contributed by atoms with E-state index in [0.717, 1.165) is 16.9 Å². The molecule has 0 aliphatic rings. The molecule has 0 aliphatic carbocycles. The van der Waals surface area contributed by atoms with E-state index in [9.17, 15) is 4.79 Å². The molecule has 1 heterocycles. The number of carbonyl (C=O) groups is 1. The minimum absolute atomic E-state index is 0.0495. The van der Waals surface area contributed by atoms with Crippen LogP contribution in [0.25, 0.3) is 0 Å². The Morgan fingerprint density at radius 2 is 2.10 bits per heavy atom. The predicted molar refractivity (Wildman–Crippen MR) is 81.7 cm³/mol. The smallest absolute Gasteiger partial charge is 0.221 e. The third-order valence-electron chi connectivity index (χ3n) is 2.97. The zero-order valence-electron chi connectivity index (χ0n) is 11.9. The van der Waals surface area contributed by atoms with Gasteiger partial charge in [0.05, 0.1) is 11.9 Å². The Morgan fingerprint density at radius 1 is 1.29 bits per heavy atom. The average Bonchev–Trinajstić information content (AvgIpc) is 2.47. The van der Waals surface area contributed by atoms with Gasteiger partial charge in [-0.05, 0) is 36.8 Å². The molecule has 106 valence electrons. The van der Waals surface area contributed by atoms with Gasteiger partial charge in [-0.25, -0.2) is 4.98 Å². The highest BCUT2D eigenvalue weighted by Gasteiger charge is 2.07. The molecule has 1 amide bonds. The maximum atomic E-state index is 11.1. The van der Waals surface area contributed by atoms with Crippen molar-refractivity contribution in [3.05, 3.63) is 53.9 Å². The van der Waals surface area contributed by atoms with Gasteiger partial charge in [-0.2, -0.15) is 5.26 Å². The second-order valence-electron chi connectivity index (χ2n) is 4.72. The summed E-state index contributed by atoms with van der Waals surface area (Å²) in [6, 6.07) is 13.2. The van der Waals surface area contributed by atoms with Crippen molar-refractivity contribution in [2.45, 2.75) is 19.9 Å². The van der Waals surface area contributed by atoms with E-state index < -0.39 is 0 Å². The van der Waals surface area contributed by atoms with Crippen LogP contribution in [-0.4, -0.2) is 10.9 Å². The summed E-state index contributed by atoms with van der Waals surface area (Å²) in [7, 11) is 0. The first-order chi connectivity index (χ1) is 10.1. The molecule has 0 bridgehead atoms. The van der Waals surface area contributed by atoms with Gasteiger partial charge in [-0.3, -0.25) is 4.79 Å². The Bertz CT molecular complexity index is 673. The molecule has 2 rings (SSSR count). The summed E-state index contributed by atoms with van der Waals surface area (Å²) in [4.78, 5) is 15.1. The number of nitriles is 1. The van der Waals surface area contributed by atoms with Gasteiger partial charge >= 0.3 is 0 Å². The number of anilines is 2. The second-order valence-corrected chi connectivity index (χ2v) is 4.72. The van der Waals surface area contributed by atoms with E-state index in [2.05, 4.69) is 15.6 Å². The van der Waals surface area contributed by atoms with E-state index in [1.54, 1.807) is 12.3 Å². The summed E-state index contributed by atoms with van der Waals surface area (Å²) in [5, 5.41) is 14.8. The van der Waals surface area contributed by atoms with Gasteiger partial charge in [0.1, 0.15) is 11.8 Å². The molecule has 1 aromatic heterocycles. The van der Waals surface area contributed by atoms with Crippen molar-refractivity contribution in [1.82, 2.24) is 4.98 Å². The Morgan fingerprint density at radius 3 is 2.71 bits per heavy atom. The average molecular weight is 280 g/mol. The molecular formula is C16H16N4O. The number of hydrogen-bond donors (Lipinski definition) is 2. The molecule has 2 N–H and O–H groups in total. The van der Waals surface area contributed by atoms with Gasteiger partial charge in [-0.1, -0.05) is 12.1 Å². The second kappa shape index (κ2) is 6.53. The first-order valence-corrected chi connectivity index (χ1v) is 6.58. The lowest BCUT2D eigenvalue weighted by molar-refractivity contribution is -0.114. The first-order valence-electron chi connectivity index (χ1n) is 6.58. The van der Waals surface area contributed by atoms with Crippen LogP contribution in [0.5, 0.6) is 0 Å². The van der Waals surface area contributed by atoms with E-state index in [1.165, 1.54) is 6.92 Å². The SMILES string of the molecule is CC(=O)Nc1cccc(C(C)Nc2ccc(C#N)nc2)c1. The van der Waals surface area contributed by atoms with Crippen molar-refractivity contribution in [2.24, 2.45) is 0 Å². The predicted octanol–water partition coefficient (Wildman–Crippen LogP) is 3.08. The highest BCUT2D eigenvalue weighted by molar-refractivity contribution is 5.88. The topological polar surface area (TPSA) is 77.8 Å². The van der Waals surface area contributed by atoms with Gasteiger partial charge in [0, 0.05) is 18.7 Å². The highest BCUT2D eigenvalue weighted by Crippen LogP contribution is 2.21. The zero-order valence-corrected chi connectivity index (χ0v) is 11.9. The van der Waals surface area contributed by atoms with Crippen LogP contribution in [0, 0.1) is 11.3 Å². The third kappa shape index (κ3) is 4.05. The van der Waals surface area contributed by atoms with Crippen LogP contribution in [0.3, 0.4) is 0 Å². The number of pyridine rings is 1. The highest BCUT2D eigenvalue weighted by atomic mass is 16.1. The molecule has 5 nitrogen and oxygen atoms in total. The number of nitrogens with one attached hydrogen (secondary N) is 2. The molecule has 5 heteroatoms. The van der Waals surface area contributed by atoms with Crippen LogP contribution in [-0.2, 0) is 4.79 Å². The molecule has 2 aromatic rings. The monoisotopic (exact) mass is 280 g/mol. The molecule has 0 radical (unpaired) electrons. The van der Waals surface area contributed by atoms with Crippen LogP contribution < -0.4 is 10.6 Å². The summed E-state index contributed by atoms with van der Waals surface area (Å²) in [6.07, 6.45) is 1.63. The molecule has 21 heavy (non-hydrogen) atoms. The van der Waals surface area contributed by atoms with E-state index in [0.29, 0.717) is 5.69 Å². The molecule has 1 atom stereocenters. The quantitative estimate of drug-likeness (QED) is 0.902. The molecule has 1 aromatic carbocycles. The van der Waals surface area contributed by atoms with Crippen molar-refractivity contribution < 1.29 is 4.79 Å². The summed E-state index contributed by atoms with van der Waals surface area (Å²) in [5.41, 5.74) is 3.05. The molecule has 0 saturated carbocycles. The molecular weight excluding hydrogens is 264 g/mol. The van der Waals surface area contributed by atoms with Crippen LogP contribution in [0.1, 0.15) is 31.1 Å². The number of nitrogens with zero attached hydrogens (tertiary/aromatic N) is 2. The number of hydrogen-bond acceptors (Lipinski definition) is 4. The summed E-state index contributed by atoms with van der Waals surface area (Å²) in [5.74, 6) is -0.0935. The van der Waals surface area contributed by atoms with Gasteiger partial charge in [0.25, 0.3) is 0 Å². The maximum absolute atomic E-state index is 11.1. The van der Waals surface area contributed by atoms with Gasteiger partial charge in [0.2, 0.25) is 5.91 Å². The van der Waals surface area contributed by atoms with Crippen LogP contribution >= 0.6 is 0 Å². The lowest BCUT2D eigenvalue weighted by atomic mass is 10.1. The summed E-state index contributed by atoms with van der Waals surface area (Å²) in [6.45, 7) is 3.50. The Kier molecular flexibility index (Phi) is 4.52. The first kappa shape index (κ1) is 14.5. The largest absolute Gasteiger partial charge is 0.377 e. The minimum atomic E-state index is -0.0935. The molecule has 0 fully saturated rings. The van der Waals surface area contributed by atoms with Crippen molar-refractivity contribution in [3.8, 4) is 6.07 Å². The fourth-order valence-electron chi connectivity index (χ4n) is 1.97. The van der Waals surface area contributed by atoms with Crippen LogP contribution in [0.15, 0.2) is 42.6 Å². The molecule has 0 aliphatic heterocycles. The number of amides is 1. The fraction of sp³-hybridized carbons (Fsp3) is 0.188. The standard InChI is InChI=1S/C16H16N4O/c1-11(19-16-7-6-15(9-17)18-10-16)13-4-3-5-14(8-13)20-12(2)21/h3-8,10-11,19H,1-2H3,(H,20,21). The molecule has 0 spiro atoms. The number of rotatable bonds is 4. The van der Waals surface area contributed by atoms with E-state index in [4.69, 9.17) is 5.26 Å². The Balaban J connectivity index is 2.10. The lowest BCUT2D eigenvalue weighted by Gasteiger charge is -2.16. The van der Waals surface area contributed by atoms with E-state index in [-0.39, 0.29) is 11.9 Å². The lowest BCUT2D eigenvalue weighted by Crippen LogP contribution is -2.09. The number of carbonyl (C=O) groups excluding carboxylic acids is 1. The van der Waals surface area contributed by atoms with Crippen molar-refractivity contribution in [1.29, 1.82) is 5.26 Å².